The summed E-state index contributed by atoms with van der Waals surface area (Å²) in [6.45, 7) is 0. The second-order valence-electron chi connectivity index (χ2n) is 3.93. The third kappa shape index (κ3) is 3.16. The molecule has 1 aromatic heterocycles. The summed E-state index contributed by atoms with van der Waals surface area (Å²) >= 11 is 2.61. The van der Waals surface area contributed by atoms with Crippen molar-refractivity contribution in [2.45, 2.75) is 12.3 Å². The number of nitrogens with one attached hydrogen (secondary N) is 1. The highest BCUT2D eigenvalue weighted by Crippen LogP contribution is 2.37. The van der Waals surface area contributed by atoms with Crippen LogP contribution >= 0.6 is 23.1 Å². The molecule has 1 aliphatic rings. The molecule has 0 bridgehead atoms. The quantitative estimate of drug-likeness (QED) is 0.874. The molecule has 1 aliphatic heterocycles. The van der Waals surface area contributed by atoms with E-state index < -0.39 is 5.91 Å². The van der Waals surface area contributed by atoms with E-state index in [1.165, 1.54) is 11.3 Å². The number of nitrogens with two attached hydrogens (primary N) is 1. The fourth-order valence-corrected chi connectivity index (χ4v) is 3.46. The number of nitriles is 1. The Kier molecular flexibility index (Phi) is 4.24. The SMILES string of the molecule is N#CC1=C(SCC(N)=O)NC(=O)CC1c1cccs1. The fourth-order valence-electron chi connectivity index (χ4n) is 1.81. The van der Waals surface area contributed by atoms with Gasteiger partial charge in [0.05, 0.1) is 22.4 Å². The summed E-state index contributed by atoms with van der Waals surface area (Å²) in [4.78, 5) is 23.5. The second kappa shape index (κ2) is 5.91. The maximum atomic E-state index is 11.7. The molecule has 0 aromatic carbocycles. The number of carbonyl (C=O) groups excluding carboxylic acids is 2. The molecule has 2 rings (SSSR count). The van der Waals surface area contributed by atoms with Crippen molar-refractivity contribution in [3.8, 4) is 6.07 Å². The molecule has 0 spiro atoms. The highest BCUT2D eigenvalue weighted by atomic mass is 32.2. The van der Waals surface area contributed by atoms with Gasteiger partial charge in [-0.2, -0.15) is 5.26 Å². The Labute approximate surface area is 118 Å². The number of primary amides is 1. The van der Waals surface area contributed by atoms with E-state index in [0.29, 0.717) is 10.6 Å². The molecular formula is C12H11N3O2S2. The van der Waals surface area contributed by atoms with E-state index in [4.69, 9.17) is 5.73 Å². The first kappa shape index (κ1) is 13.6. The van der Waals surface area contributed by atoms with Gasteiger partial charge in [-0.05, 0) is 11.4 Å². The summed E-state index contributed by atoms with van der Waals surface area (Å²) in [5.74, 6) is -0.821. The van der Waals surface area contributed by atoms with E-state index in [9.17, 15) is 14.9 Å². The summed E-state index contributed by atoms with van der Waals surface area (Å²) in [5, 5.41) is 14.3. The van der Waals surface area contributed by atoms with E-state index in [1.54, 1.807) is 0 Å². The number of thiophene rings is 1. The average molecular weight is 293 g/mol. The van der Waals surface area contributed by atoms with Crippen molar-refractivity contribution in [1.29, 1.82) is 5.26 Å². The van der Waals surface area contributed by atoms with Crippen LogP contribution in [0, 0.1) is 11.3 Å². The van der Waals surface area contributed by atoms with Crippen molar-refractivity contribution in [1.82, 2.24) is 5.32 Å². The van der Waals surface area contributed by atoms with Crippen LogP contribution in [0.5, 0.6) is 0 Å². The van der Waals surface area contributed by atoms with Gasteiger partial charge < -0.3 is 11.1 Å². The van der Waals surface area contributed by atoms with Crippen LogP contribution in [-0.2, 0) is 9.59 Å². The minimum absolute atomic E-state index is 0.0396. The van der Waals surface area contributed by atoms with Crippen LogP contribution in [0.4, 0.5) is 0 Å². The smallest absolute Gasteiger partial charge is 0.227 e. The number of hydrogen-bond acceptors (Lipinski definition) is 5. The van der Waals surface area contributed by atoms with E-state index in [1.807, 2.05) is 17.5 Å². The van der Waals surface area contributed by atoms with E-state index in [0.717, 1.165) is 16.6 Å². The monoisotopic (exact) mass is 293 g/mol. The van der Waals surface area contributed by atoms with Crippen LogP contribution in [0.1, 0.15) is 17.2 Å². The first-order chi connectivity index (χ1) is 9.11. The van der Waals surface area contributed by atoms with Crippen LogP contribution in [0.3, 0.4) is 0 Å². The normalized spacial score (nSPS) is 18.9. The van der Waals surface area contributed by atoms with Gasteiger partial charge in [0.2, 0.25) is 11.8 Å². The Morgan fingerprint density at radius 2 is 2.47 bits per heavy atom. The molecule has 98 valence electrons. The van der Waals surface area contributed by atoms with Gasteiger partial charge in [-0.15, -0.1) is 11.3 Å². The molecule has 1 atom stereocenters. The standard InChI is InChI=1S/C12H11N3O2S2/c13-5-8-7(9-2-1-3-18-9)4-11(17)15-12(8)19-6-10(14)16/h1-3,7H,4,6H2,(H2,14,16)(H,15,17). The van der Waals surface area contributed by atoms with E-state index >= 15 is 0 Å². The molecule has 0 fully saturated rings. The van der Waals surface area contributed by atoms with Crippen LogP contribution in [-0.4, -0.2) is 17.6 Å². The van der Waals surface area contributed by atoms with Crippen molar-refractivity contribution in [2.75, 3.05) is 5.75 Å². The van der Waals surface area contributed by atoms with Crippen molar-refractivity contribution < 1.29 is 9.59 Å². The van der Waals surface area contributed by atoms with Crippen LogP contribution in [0.15, 0.2) is 28.1 Å². The summed E-state index contributed by atoms with van der Waals surface area (Å²) < 4.78 is 0. The first-order valence-corrected chi connectivity index (χ1v) is 7.37. The topological polar surface area (TPSA) is 96.0 Å². The molecule has 3 N–H and O–H groups in total. The molecule has 0 aliphatic carbocycles. The Morgan fingerprint density at radius 1 is 1.68 bits per heavy atom. The molecule has 1 unspecified atom stereocenters. The lowest BCUT2D eigenvalue weighted by Gasteiger charge is -2.23. The molecule has 0 saturated heterocycles. The minimum atomic E-state index is -0.484. The lowest BCUT2D eigenvalue weighted by molar-refractivity contribution is -0.121. The van der Waals surface area contributed by atoms with Crippen LogP contribution < -0.4 is 11.1 Å². The number of nitrogens with zero attached hydrogens (tertiary/aromatic N) is 1. The lowest BCUT2D eigenvalue weighted by Crippen LogP contribution is -2.31. The molecule has 2 heterocycles. The van der Waals surface area contributed by atoms with Gasteiger partial charge in [0, 0.05) is 17.2 Å². The van der Waals surface area contributed by atoms with Crippen molar-refractivity contribution in [3.63, 3.8) is 0 Å². The van der Waals surface area contributed by atoms with Crippen LogP contribution in [0.2, 0.25) is 0 Å². The number of allylic oxidation sites excluding steroid dienone is 1. The third-order valence-electron chi connectivity index (χ3n) is 2.60. The highest BCUT2D eigenvalue weighted by Gasteiger charge is 2.30. The highest BCUT2D eigenvalue weighted by molar-refractivity contribution is 8.03. The maximum absolute atomic E-state index is 11.7. The summed E-state index contributed by atoms with van der Waals surface area (Å²) in [5.41, 5.74) is 5.58. The zero-order valence-electron chi connectivity index (χ0n) is 9.88. The number of rotatable bonds is 4. The molecule has 0 radical (unpaired) electrons. The summed E-state index contributed by atoms with van der Waals surface area (Å²) in [7, 11) is 0. The summed E-state index contributed by atoms with van der Waals surface area (Å²) in [6.07, 6.45) is 0.254. The largest absolute Gasteiger partial charge is 0.369 e. The Morgan fingerprint density at radius 3 is 3.05 bits per heavy atom. The number of thioether (sulfide) groups is 1. The van der Waals surface area contributed by atoms with Crippen molar-refractivity contribution >= 4 is 34.9 Å². The van der Waals surface area contributed by atoms with Gasteiger partial charge in [0.15, 0.2) is 0 Å². The minimum Gasteiger partial charge on any atom is -0.369 e. The summed E-state index contributed by atoms with van der Waals surface area (Å²) in [6, 6.07) is 5.93. The Bertz CT molecular complexity index is 572. The Hall–Kier alpha value is -1.78. The maximum Gasteiger partial charge on any atom is 0.227 e. The van der Waals surface area contributed by atoms with Gasteiger partial charge in [-0.25, -0.2) is 0 Å². The van der Waals surface area contributed by atoms with Gasteiger partial charge >= 0.3 is 0 Å². The molecule has 1 aromatic rings. The zero-order chi connectivity index (χ0) is 13.8. The molecule has 5 nitrogen and oxygen atoms in total. The molecule has 7 heteroatoms. The van der Waals surface area contributed by atoms with Gasteiger partial charge in [0.1, 0.15) is 0 Å². The third-order valence-corrected chi connectivity index (χ3v) is 4.63. The molecule has 19 heavy (non-hydrogen) atoms. The predicted octanol–water partition coefficient (Wildman–Crippen LogP) is 1.31. The van der Waals surface area contributed by atoms with E-state index in [2.05, 4.69) is 11.4 Å². The number of hydrogen-bond donors (Lipinski definition) is 2. The van der Waals surface area contributed by atoms with Crippen molar-refractivity contribution in [3.05, 3.63) is 33.0 Å². The van der Waals surface area contributed by atoms with Gasteiger partial charge in [0.25, 0.3) is 0 Å². The lowest BCUT2D eigenvalue weighted by atomic mass is 9.93. The predicted molar refractivity (Wildman–Crippen MR) is 74.1 cm³/mol. The molecular weight excluding hydrogens is 282 g/mol. The van der Waals surface area contributed by atoms with Crippen LogP contribution in [0.25, 0.3) is 0 Å². The van der Waals surface area contributed by atoms with Crippen molar-refractivity contribution in [2.24, 2.45) is 5.73 Å². The zero-order valence-corrected chi connectivity index (χ0v) is 11.5. The number of amides is 2. The Balaban J connectivity index is 2.33. The van der Waals surface area contributed by atoms with Gasteiger partial charge in [-0.3, -0.25) is 9.59 Å². The average Bonchev–Trinajstić information content (AvgIpc) is 2.89. The molecule has 0 saturated carbocycles. The number of carbonyl (C=O) groups is 2. The second-order valence-corrected chi connectivity index (χ2v) is 5.89. The van der Waals surface area contributed by atoms with Gasteiger partial charge in [-0.1, -0.05) is 17.8 Å². The molecule has 2 amide bonds. The first-order valence-electron chi connectivity index (χ1n) is 5.50. The van der Waals surface area contributed by atoms with E-state index in [-0.39, 0.29) is 24.0 Å². The fraction of sp³-hybridized carbons (Fsp3) is 0.250.